The summed E-state index contributed by atoms with van der Waals surface area (Å²) in [5, 5.41) is 0. The average molecular weight is 243 g/mol. The second kappa shape index (κ2) is 5.25. The zero-order valence-corrected chi connectivity index (χ0v) is 10.3. The van der Waals surface area contributed by atoms with Gasteiger partial charge in [0.1, 0.15) is 0 Å². The second-order valence-corrected chi connectivity index (χ2v) is 5.53. The van der Waals surface area contributed by atoms with Gasteiger partial charge in [-0.1, -0.05) is 18.2 Å². The maximum Gasteiger partial charge on any atom is 0.462 e. The molecule has 16 heavy (non-hydrogen) atoms. The van der Waals surface area contributed by atoms with E-state index in [1.165, 1.54) is 25.9 Å². The first-order valence-electron chi connectivity index (χ1n) is 4.62. The molecule has 0 saturated heterocycles. The van der Waals surface area contributed by atoms with E-state index in [1.807, 2.05) is 0 Å². The minimum absolute atomic E-state index is 0.335. The number of nitrogens with zero attached hydrogens (tertiary/aromatic N) is 1. The van der Waals surface area contributed by atoms with Crippen LogP contribution in [0, 0.1) is 0 Å². The van der Waals surface area contributed by atoms with Crippen LogP contribution in [0.15, 0.2) is 30.3 Å². The van der Waals surface area contributed by atoms with Crippen molar-refractivity contribution in [2.24, 2.45) is 0 Å². The van der Waals surface area contributed by atoms with Gasteiger partial charge in [-0.2, -0.15) is 0 Å². The van der Waals surface area contributed by atoms with Gasteiger partial charge in [-0.05, 0) is 26.2 Å². The van der Waals surface area contributed by atoms with E-state index in [2.05, 4.69) is 0 Å². The smallest absolute Gasteiger partial charge is 0.376 e. The number of hydrogen-bond acceptors (Lipinski definition) is 4. The minimum Gasteiger partial charge on any atom is -0.376 e. The molecule has 0 aliphatic rings. The summed E-state index contributed by atoms with van der Waals surface area (Å²) in [4.78, 5) is 11.6. The molecule has 0 heterocycles. The number of hydrogen-bond donors (Lipinski definition) is 0. The average Bonchev–Trinajstić information content (AvgIpc) is 2.29. The fourth-order valence-electron chi connectivity index (χ4n) is 1.01. The first-order valence-corrected chi connectivity index (χ1v) is 6.11. The molecular formula is C10H14NO4P. The van der Waals surface area contributed by atoms with E-state index in [-0.39, 0.29) is 0 Å². The number of carbonyl (C=O) groups excluding carboxylic acids is 1. The van der Waals surface area contributed by atoms with Gasteiger partial charge in [0.15, 0.2) is 0 Å². The zero-order chi connectivity index (χ0) is 12.2. The molecule has 0 radical (unpaired) electrons. The molecule has 1 unspecified atom stereocenters. The van der Waals surface area contributed by atoms with Gasteiger partial charge in [-0.15, -0.1) is 0 Å². The van der Waals surface area contributed by atoms with Crippen LogP contribution in [-0.4, -0.2) is 31.8 Å². The van der Waals surface area contributed by atoms with Crippen LogP contribution in [0.5, 0.6) is 0 Å². The van der Waals surface area contributed by atoms with Crippen LogP contribution in [0.1, 0.15) is 10.4 Å². The van der Waals surface area contributed by atoms with E-state index in [4.69, 9.17) is 9.05 Å². The maximum atomic E-state index is 11.9. The lowest BCUT2D eigenvalue weighted by Gasteiger charge is -2.20. The van der Waals surface area contributed by atoms with Crippen molar-refractivity contribution in [1.29, 1.82) is 0 Å². The Hall–Kier alpha value is -1.16. The van der Waals surface area contributed by atoms with Gasteiger partial charge in [0.05, 0.1) is 5.56 Å². The van der Waals surface area contributed by atoms with Gasteiger partial charge in [0, 0.05) is 7.11 Å². The summed E-state index contributed by atoms with van der Waals surface area (Å²) in [5.41, 5.74) is 0.335. The summed E-state index contributed by atoms with van der Waals surface area (Å²) >= 11 is 0. The third kappa shape index (κ3) is 2.92. The van der Waals surface area contributed by atoms with E-state index in [0.29, 0.717) is 5.56 Å². The zero-order valence-electron chi connectivity index (χ0n) is 9.41. The summed E-state index contributed by atoms with van der Waals surface area (Å²) in [7, 11) is 0.758. The molecule has 1 atom stereocenters. The lowest BCUT2D eigenvalue weighted by atomic mass is 10.2. The van der Waals surface area contributed by atoms with Crippen LogP contribution in [-0.2, 0) is 13.6 Å². The Morgan fingerprint density at radius 2 is 1.81 bits per heavy atom. The maximum absolute atomic E-state index is 11.9. The van der Waals surface area contributed by atoms with Crippen molar-refractivity contribution in [3.63, 3.8) is 0 Å². The van der Waals surface area contributed by atoms with Crippen molar-refractivity contribution in [3.05, 3.63) is 35.9 Å². The van der Waals surface area contributed by atoms with Crippen molar-refractivity contribution < 1.29 is 18.4 Å². The van der Waals surface area contributed by atoms with Crippen molar-refractivity contribution in [1.82, 2.24) is 4.67 Å². The highest BCUT2D eigenvalue weighted by molar-refractivity contribution is 7.51. The Balaban J connectivity index is 2.83. The predicted octanol–water partition coefficient (Wildman–Crippen LogP) is 2.16. The number of benzene rings is 1. The van der Waals surface area contributed by atoms with Crippen LogP contribution in [0.25, 0.3) is 0 Å². The first-order chi connectivity index (χ1) is 7.49. The topological polar surface area (TPSA) is 55.8 Å². The van der Waals surface area contributed by atoms with E-state index >= 15 is 0 Å². The van der Waals surface area contributed by atoms with E-state index in [1.54, 1.807) is 30.3 Å². The van der Waals surface area contributed by atoms with Crippen molar-refractivity contribution in [2.75, 3.05) is 21.2 Å². The Bertz CT molecular complexity index is 405. The van der Waals surface area contributed by atoms with Crippen LogP contribution >= 0.6 is 7.75 Å². The second-order valence-electron chi connectivity index (χ2n) is 3.24. The summed E-state index contributed by atoms with van der Waals surface area (Å²) in [5.74, 6) is -0.667. The molecule has 0 bridgehead atoms. The monoisotopic (exact) mass is 243 g/mol. The van der Waals surface area contributed by atoms with E-state index in [9.17, 15) is 9.36 Å². The first kappa shape index (κ1) is 12.9. The third-order valence-electron chi connectivity index (χ3n) is 1.93. The lowest BCUT2D eigenvalue weighted by molar-refractivity contribution is 0.0683. The molecular weight excluding hydrogens is 229 g/mol. The highest BCUT2D eigenvalue weighted by Gasteiger charge is 2.31. The number of carbonyl (C=O) groups is 1. The normalized spacial score (nSPS) is 14.5. The van der Waals surface area contributed by atoms with Gasteiger partial charge in [0.2, 0.25) is 0 Å². The molecule has 88 valence electrons. The van der Waals surface area contributed by atoms with Gasteiger partial charge in [-0.25, -0.2) is 14.0 Å². The highest BCUT2D eigenvalue weighted by Crippen LogP contribution is 2.49. The summed E-state index contributed by atoms with van der Waals surface area (Å²) in [6.45, 7) is 0. The summed E-state index contributed by atoms with van der Waals surface area (Å²) in [6.07, 6.45) is 0. The standard InChI is InChI=1S/C10H14NO4P/c1-11(2)16(13,14-3)15-10(12)9-7-5-4-6-8-9/h4-8H,1-3H3. The molecule has 0 fully saturated rings. The predicted molar refractivity (Wildman–Crippen MR) is 60.2 cm³/mol. The summed E-state index contributed by atoms with van der Waals surface area (Å²) in [6, 6.07) is 8.34. The molecule has 0 spiro atoms. The quantitative estimate of drug-likeness (QED) is 0.758. The van der Waals surface area contributed by atoms with Crippen molar-refractivity contribution in [2.45, 2.75) is 0 Å². The number of rotatable bonds is 4. The molecule has 0 N–H and O–H groups in total. The van der Waals surface area contributed by atoms with Crippen LogP contribution < -0.4 is 0 Å². The molecule has 0 aromatic heterocycles. The molecule has 1 rings (SSSR count). The van der Waals surface area contributed by atoms with Gasteiger partial charge < -0.3 is 4.52 Å². The largest absolute Gasteiger partial charge is 0.462 e. The molecule has 0 aliphatic heterocycles. The van der Waals surface area contributed by atoms with Gasteiger partial charge in [0.25, 0.3) is 0 Å². The fraction of sp³-hybridized carbons (Fsp3) is 0.300. The molecule has 1 aromatic rings. The SMILES string of the molecule is COP(=O)(OC(=O)c1ccccc1)N(C)C. The summed E-state index contributed by atoms with van der Waals surface area (Å²) < 4.78 is 22.8. The van der Waals surface area contributed by atoms with Gasteiger partial charge in [-0.3, -0.25) is 4.52 Å². The lowest BCUT2D eigenvalue weighted by Crippen LogP contribution is -2.15. The van der Waals surface area contributed by atoms with Crippen molar-refractivity contribution in [3.8, 4) is 0 Å². The Labute approximate surface area is 94.6 Å². The van der Waals surface area contributed by atoms with Crippen LogP contribution in [0.4, 0.5) is 0 Å². The molecule has 5 nitrogen and oxygen atoms in total. The molecule has 0 amide bonds. The molecule has 1 aromatic carbocycles. The third-order valence-corrected chi connectivity index (χ3v) is 3.77. The van der Waals surface area contributed by atoms with Crippen LogP contribution in [0.2, 0.25) is 0 Å². The molecule has 0 saturated carbocycles. The fourth-order valence-corrected chi connectivity index (χ4v) is 1.89. The van der Waals surface area contributed by atoms with Crippen molar-refractivity contribution >= 4 is 13.7 Å². The van der Waals surface area contributed by atoms with Crippen LogP contribution in [0.3, 0.4) is 0 Å². The Morgan fingerprint density at radius 3 is 2.25 bits per heavy atom. The van der Waals surface area contributed by atoms with E-state index in [0.717, 1.165) is 0 Å². The minimum atomic E-state index is -3.51. The molecule has 0 aliphatic carbocycles. The van der Waals surface area contributed by atoms with E-state index < -0.39 is 13.7 Å². The Morgan fingerprint density at radius 1 is 1.25 bits per heavy atom. The Kier molecular flexibility index (Phi) is 4.24. The molecule has 6 heteroatoms. The van der Waals surface area contributed by atoms with Gasteiger partial charge >= 0.3 is 13.7 Å². The highest BCUT2D eigenvalue weighted by atomic mass is 31.2.